The lowest BCUT2D eigenvalue weighted by Gasteiger charge is -2.21. The van der Waals surface area contributed by atoms with Gasteiger partial charge >= 0.3 is 0 Å². The van der Waals surface area contributed by atoms with E-state index in [1.54, 1.807) is 23.2 Å². The minimum atomic E-state index is -0.547. The van der Waals surface area contributed by atoms with Crippen molar-refractivity contribution in [3.63, 3.8) is 0 Å². The van der Waals surface area contributed by atoms with Crippen LogP contribution in [0.3, 0.4) is 0 Å². The summed E-state index contributed by atoms with van der Waals surface area (Å²) in [6, 6.07) is 4.23. The predicted octanol–water partition coefficient (Wildman–Crippen LogP) is 2.86. The lowest BCUT2D eigenvalue weighted by atomic mass is 10.0. The minimum Gasteiger partial charge on any atom is -0.321 e. The minimum absolute atomic E-state index is 0.327. The maximum atomic E-state index is 13.0. The van der Waals surface area contributed by atoms with Gasteiger partial charge in [0.15, 0.2) is 0 Å². The van der Waals surface area contributed by atoms with Crippen LogP contribution in [-0.4, -0.2) is 9.55 Å². The molecule has 0 unspecified atom stereocenters. The van der Waals surface area contributed by atoms with E-state index in [9.17, 15) is 4.39 Å². The van der Waals surface area contributed by atoms with Crippen molar-refractivity contribution >= 4 is 11.6 Å². The third-order valence-electron chi connectivity index (χ3n) is 2.47. The molecule has 0 aliphatic carbocycles. The molecule has 2 N–H and O–H groups in total. The van der Waals surface area contributed by atoms with E-state index < -0.39 is 5.54 Å². The molecule has 0 saturated carbocycles. The molecule has 17 heavy (non-hydrogen) atoms. The molecular formula is C12H13ClFN3. The molecule has 90 valence electrons. The Bertz CT molecular complexity index is 543. The maximum Gasteiger partial charge on any atom is 0.124 e. The Morgan fingerprint density at radius 3 is 2.71 bits per heavy atom. The summed E-state index contributed by atoms with van der Waals surface area (Å²) in [5, 5.41) is 0.327. The molecule has 0 radical (unpaired) electrons. The van der Waals surface area contributed by atoms with Gasteiger partial charge in [-0.25, -0.2) is 9.37 Å². The lowest BCUT2D eigenvalue weighted by Crippen LogP contribution is -2.31. The van der Waals surface area contributed by atoms with Crippen molar-refractivity contribution in [1.82, 2.24) is 9.55 Å². The fraction of sp³-hybridized carbons (Fsp3) is 0.250. The molecule has 1 aromatic heterocycles. The van der Waals surface area contributed by atoms with Crippen LogP contribution in [0, 0.1) is 5.82 Å². The second kappa shape index (κ2) is 4.13. The molecule has 1 aromatic carbocycles. The first-order valence-electron chi connectivity index (χ1n) is 5.17. The lowest BCUT2D eigenvalue weighted by molar-refractivity contribution is 0.524. The normalized spacial score (nSPS) is 11.8. The van der Waals surface area contributed by atoms with Crippen molar-refractivity contribution in [3.8, 4) is 5.69 Å². The zero-order valence-corrected chi connectivity index (χ0v) is 10.4. The van der Waals surface area contributed by atoms with Crippen molar-refractivity contribution in [1.29, 1.82) is 0 Å². The first-order valence-corrected chi connectivity index (χ1v) is 5.54. The van der Waals surface area contributed by atoms with Crippen molar-refractivity contribution in [2.45, 2.75) is 19.4 Å². The molecule has 3 nitrogen and oxygen atoms in total. The molecule has 0 atom stereocenters. The highest BCUT2D eigenvalue weighted by molar-refractivity contribution is 6.32. The average Bonchev–Trinajstić information content (AvgIpc) is 2.65. The Hall–Kier alpha value is -1.39. The van der Waals surface area contributed by atoms with Gasteiger partial charge < -0.3 is 5.73 Å². The van der Waals surface area contributed by atoms with E-state index in [0.717, 1.165) is 5.69 Å². The number of nitrogens with zero attached hydrogens (tertiary/aromatic N) is 2. The Morgan fingerprint density at radius 1 is 1.41 bits per heavy atom. The zero-order valence-electron chi connectivity index (χ0n) is 9.61. The Morgan fingerprint density at radius 2 is 2.12 bits per heavy atom. The molecule has 5 heteroatoms. The van der Waals surface area contributed by atoms with Crippen LogP contribution in [0.4, 0.5) is 4.39 Å². The van der Waals surface area contributed by atoms with Crippen LogP contribution in [0.2, 0.25) is 5.02 Å². The second-order valence-corrected chi connectivity index (χ2v) is 4.87. The Kier molecular flexibility index (Phi) is 2.93. The molecule has 0 aliphatic rings. The molecule has 2 aromatic rings. The number of rotatable bonds is 2. The van der Waals surface area contributed by atoms with Gasteiger partial charge in [-0.2, -0.15) is 0 Å². The smallest absolute Gasteiger partial charge is 0.124 e. The molecule has 1 heterocycles. The summed E-state index contributed by atoms with van der Waals surface area (Å²) in [5.41, 5.74) is 6.97. The van der Waals surface area contributed by atoms with E-state index in [0.29, 0.717) is 10.7 Å². The van der Waals surface area contributed by atoms with Crippen molar-refractivity contribution in [3.05, 3.63) is 47.3 Å². The van der Waals surface area contributed by atoms with Crippen molar-refractivity contribution in [2.24, 2.45) is 5.73 Å². The van der Waals surface area contributed by atoms with Gasteiger partial charge in [0, 0.05) is 0 Å². The van der Waals surface area contributed by atoms with Crippen LogP contribution in [0.1, 0.15) is 19.5 Å². The zero-order chi connectivity index (χ0) is 12.6. The first-order chi connectivity index (χ1) is 7.89. The van der Waals surface area contributed by atoms with Gasteiger partial charge in [0.05, 0.1) is 34.5 Å². The summed E-state index contributed by atoms with van der Waals surface area (Å²) >= 11 is 6.01. The van der Waals surface area contributed by atoms with Gasteiger partial charge in [0.2, 0.25) is 0 Å². The van der Waals surface area contributed by atoms with Crippen molar-refractivity contribution in [2.75, 3.05) is 0 Å². The van der Waals surface area contributed by atoms with E-state index >= 15 is 0 Å². The summed E-state index contributed by atoms with van der Waals surface area (Å²) < 4.78 is 14.8. The van der Waals surface area contributed by atoms with Gasteiger partial charge in [-0.05, 0) is 32.0 Å². The molecule has 0 amide bonds. The second-order valence-electron chi connectivity index (χ2n) is 4.47. The summed E-state index contributed by atoms with van der Waals surface area (Å²) in [7, 11) is 0. The largest absolute Gasteiger partial charge is 0.321 e. The summed E-state index contributed by atoms with van der Waals surface area (Å²) in [6.45, 7) is 3.75. The number of hydrogen-bond acceptors (Lipinski definition) is 2. The quantitative estimate of drug-likeness (QED) is 0.894. The fourth-order valence-corrected chi connectivity index (χ4v) is 1.90. The van der Waals surface area contributed by atoms with Crippen LogP contribution in [0.25, 0.3) is 5.69 Å². The SMILES string of the molecule is CC(C)(N)c1cncn1-c1ccc(F)cc1Cl. The van der Waals surface area contributed by atoms with Crippen LogP contribution in [0.5, 0.6) is 0 Å². The number of nitrogens with two attached hydrogens (primary N) is 1. The third kappa shape index (κ3) is 2.33. The fourth-order valence-electron chi connectivity index (χ4n) is 1.64. The molecule has 0 spiro atoms. The number of hydrogen-bond donors (Lipinski definition) is 1. The number of benzene rings is 1. The highest BCUT2D eigenvalue weighted by Crippen LogP contribution is 2.26. The van der Waals surface area contributed by atoms with Crippen LogP contribution < -0.4 is 5.73 Å². The van der Waals surface area contributed by atoms with E-state index in [1.165, 1.54) is 12.1 Å². The van der Waals surface area contributed by atoms with Gasteiger partial charge in [-0.15, -0.1) is 0 Å². The standard InChI is InChI=1S/C12H13ClFN3/c1-12(2,15)11-6-16-7-17(11)10-4-3-8(14)5-9(10)13/h3-7H,15H2,1-2H3. The van der Waals surface area contributed by atoms with Gasteiger partial charge in [-0.1, -0.05) is 11.6 Å². The first kappa shape index (κ1) is 12.1. The van der Waals surface area contributed by atoms with E-state index in [-0.39, 0.29) is 5.82 Å². The highest BCUT2D eigenvalue weighted by atomic mass is 35.5. The molecule has 0 fully saturated rings. The monoisotopic (exact) mass is 253 g/mol. The third-order valence-corrected chi connectivity index (χ3v) is 2.77. The van der Waals surface area contributed by atoms with Crippen molar-refractivity contribution < 1.29 is 4.39 Å². The average molecular weight is 254 g/mol. The maximum absolute atomic E-state index is 13.0. The van der Waals surface area contributed by atoms with Gasteiger partial charge in [-0.3, -0.25) is 4.57 Å². The highest BCUT2D eigenvalue weighted by Gasteiger charge is 2.20. The van der Waals surface area contributed by atoms with Gasteiger partial charge in [0.25, 0.3) is 0 Å². The van der Waals surface area contributed by atoms with Gasteiger partial charge in [0.1, 0.15) is 5.82 Å². The molecule has 0 bridgehead atoms. The Balaban J connectivity index is 2.58. The Labute approximate surface area is 104 Å². The van der Waals surface area contributed by atoms with Crippen LogP contribution >= 0.6 is 11.6 Å². The number of aromatic nitrogens is 2. The van der Waals surface area contributed by atoms with E-state index in [2.05, 4.69) is 4.98 Å². The molecule has 0 aliphatic heterocycles. The summed E-state index contributed by atoms with van der Waals surface area (Å²) in [4.78, 5) is 4.06. The topological polar surface area (TPSA) is 43.8 Å². The molecule has 0 saturated heterocycles. The summed E-state index contributed by atoms with van der Waals surface area (Å²) in [5.74, 6) is -0.368. The van der Waals surface area contributed by atoms with Crippen LogP contribution in [0.15, 0.2) is 30.7 Å². The molecule has 2 rings (SSSR count). The number of imidazole rings is 1. The van der Waals surface area contributed by atoms with E-state index in [1.807, 2.05) is 13.8 Å². The molecular weight excluding hydrogens is 241 g/mol. The predicted molar refractivity (Wildman–Crippen MR) is 65.7 cm³/mol. The van der Waals surface area contributed by atoms with E-state index in [4.69, 9.17) is 17.3 Å². The van der Waals surface area contributed by atoms with Crippen LogP contribution in [-0.2, 0) is 5.54 Å². The number of halogens is 2. The summed E-state index contributed by atoms with van der Waals surface area (Å²) in [6.07, 6.45) is 3.29.